The molecule has 3 unspecified atom stereocenters. The second-order valence-electron chi connectivity index (χ2n) is 7.36. The van der Waals surface area contributed by atoms with E-state index in [1.807, 2.05) is 0 Å². The smallest absolute Gasteiger partial charge is 0.309 e. The Morgan fingerprint density at radius 3 is 2.96 bits per heavy atom. The van der Waals surface area contributed by atoms with Crippen molar-refractivity contribution in [2.24, 2.45) is 5.92 Å². The van der Waals surface area contributed by atoms with Gasteiger partial charge in [0.05, 0.1) is 13.0 Å². The van der Waals surface area contributed by atoms with Gasteiger partial charge in [0.1, 0.15) is 0 Å². The maximum Gasteiger partial charge on any atom is 0.309 e. The first-order valence-corrected chi connectivity index (χ1v) is 9.02. The van der Waals surface area contributed by atoms with Crippen LogP contribution < -0.4 is 0 Å². The first kappa shape index (κ1) is 15.7. The third kappa shape index (κ3) is 2.27. The van der Waals surface area contributed by atoms with Crippen molar-refractivity contribution in [2.75, 3.05) is 20.7 Å². The van der Waals surface area contributed by atoms with E-state index < -0.39 is 0 Å². The highest BCUT2D eigenvalue weighted by Crippen LogP contribution is 2.45. The fourth-order valence-corrected chi connectivity index (χ4v) is 4.88. The lowest BCUT2D eigenvalue weighted by atomic mass is 9.72. The van der Waals surface area contributed by atoms with E-state index >= 15 is 0 Å². The Bertz CT molecular complexity index is 779. The van der Waals surface area contributed by atoms with Crippen molar-refractivity contribution >= 4 is 16.9 Å². The molecule has 2 heterocycles. The van der Waals surface area contributed by atoms with Crippen LogP contribution in [0.25, 0.3) is 10.9 Å². The molecule has 2 aliphatic rings. The van der Waals surface area contributed by atoms with E-state index in [2.05, 4.69) is 47.8 Å². The summed E-state index contributed by atoms with van der Waals surface area (Å²) in [5, 5.41) is 1.44. The number of likely N-dealkylation sites (tertiary alicyclic amines) is 1. The number of hydrogen-bond donors (Lipinski definition) is 0. The fourth-order valence-electron chi connectivity index (χ4n) is 4.88. The molecule has 0 N–H and O–H groups in total. The number of esters is 1. The molecule has 3 atom stereocenters. The van der Waals surface area contributed by atoms with Crippen LogP contribution >= 0.6 is 0 Å². The maximum absolute atomic E-state index is 12.1. The predicted octanol–water partition coefficient (Wildman–Crippen LogP) is 3.18. The summed E-state index contributed by atoms with van der Waals surface area (Å²) in [5.74, 6) is 0.333. The number of carbonyl (C=O) groups is 1. The molecule has 4 heteroatoms. The minimum absolute atomic E-state index is 0.0178. The molecule has 4 nitrogen and oxygen atoms in total. The maximum atomic E-state index is 12.1. The molecule has 1 aliphatic heterocycles. The molecule has 0 amide bonds. The van der Waals surface area contributed by atoms with E-state index in [0.717, 1.165) is 32.4 Å². The molecular formula is C20H26N2O2. The van der Waals surface area contributed by atoms with Crippen molar-refractivity contribution in [2.45, 2.75) is 44.7 Å². The Kier molecular flexibility index (Phi) is 3.87. The van der Waals surface area contributed by atoms with Gasteiger partial charge in [-0.1, -0.05) is 19.1 Å². The monoisotopic (exact) mass is 326 g/mol. The zero-order valence-electron chi connectivity index (χ0n) is 14.8. The van der Waals surface area contributed by atoms with Gasteiger partial charge in [0.15, 0.2) is 0 Å². The Labute approximate surface area is 143 Å². The van der Waals surface area contributed by atoms with Crippen LogP contribution in [0.1, 0.15) is 36.8 Å². The number of ether oxygens (including phenoxy) is 1. The topological polar surface area (TPSA) is 34.5 Å². The number of hydrogen-bond acceptors (Lipinski definition) is 3. The van der Waals surface area contributed by atoms with Gasteiger partial charge in [0, 0.05) is 42.1 Å². The Hall–Kier alpha value is -1.81. The van der Waals surface area contributed by atoms with Crippen molar-refractivity contribution < 1.29 is 9.53 Å². The number of piperidine rings is 1. The Morgan fingerprint density at radius 2 is 2.21 bits per heavy atom. The Morgan fingerprint density at radius 1 is 1.38 bits per heavy atom. The van der Waals surface area contributed by atoms with Crippen LogP contribution in [0.5, 0.6) is 0 Å². The number of nitrogens with zero attached hydrogens (tertiary/aromatic N) is 2. The van der Waals surface area contributed by atoms with Crippen molar-refractivity contribution in [3.63, 3.8) is 0 Å². The third-order valence-corrected chi connectivity index (χ3v) is 5.92. The molecule has 0 spiro atoms. The van der Waals surface area contributed by atoms with Crippen molar-refractivity contribution in [3.05, 3.63) is 35.5 Å². The van der Waals surface area contributed by atoms with Crippen LogP contribution in [0.15, 0.2) is 24.4 Å². The average molecular weight is 326 g/mol. The van der Waals surface area contributed by atoms with Crippen LogP contribution in [0.2, 0.25) is 0 Å². The van der Waals surface area contributed by atoms with Crippen LogP contribution in [-0.4, -0.2) is 42.2 Å². The Balaban J connectivity index is 1.80. The van der Waals surface area contributed by atoms with Crippen molar-refractivity contribution in [1.29, 1.82) is 0 Å². The molecule has 1 fully saturated rings. The van der Waals surface area contributed by atoms with Crippen molar-refractivity contribution in [3.8, 4) is 0 Å². The van der Waals surface area contributed by atoms with Gasteiger partial charge >= 0.3 is 5.97 Å². The number of aryl methyl sites for hydroxylation is 1. The normalized spacial score (nSPS) is 26.4. The molecule has 4 rings (SSSR count). The molecule has 0 saturated carbocycles. The molecule has 24 heavy (non-hydrogen) atoms. The summed E-state index contributed by atoms with van der Waals surface area (Å²) < 4.78 is 7.43. The highest BCUT2D eigenvalue weighted by molar-refractivity contribution is 5.89. The van der Waals surface area contributed by atoms with Crippen LogP contribution in [0.4, 0.5) is 0 Å². The lowest BCUT2D eigenvalue weighted by molar-refractivity contribution is -0.148. The second-order valence-corrected chi connectivity index (χ2v) is 7.36. The molecule has 0 bridgehead atoms. The summed E-state index contributed by atoms with van der Waals surface area (Å²) in [6.45, 7) is 4.09. The molecule has 1 aliphatic carbocycles. The summed E-state index contributed by atoms with van der Waals surface area (Å²) in [7, 11) is 3.65. The average Bonchev–Trinajstić information content (AvgIpc) is 2.94. The van der Waals surface area contributed by atoms with E-state index in [-0.39, 0.29) is 11.9 Å². The predicted molar refractivity (Wildman–Crippen MR) is 95.2 cm³/mol. The number of rotatable bonds is 3. The number of methoxy groups -OCH3 is 1. The van der Waals surface area contributed by atoms with Crippen LogP contribution in [-0.2, 0) is 22.5 Å². The van der Waals surface area contributed by atoms with Crippen molar-refractivity contribution in [1.82, 2.24) is 9.47 Å². The van der Waals surface area contributed by atoms with Gasteiger partial charge in [0.2, 0.25) is 0 Å². The van der Waals surface area contributed by atoms with E-state index in [9.17, 15) is 4.79 Å². The van der Waals surface area contributed by atoms with Gasteiger partial charge in [0.25, 0.3) is 0 Å². The molecule has 1 aromatic heterocycles. The summed E-state index contributed by atoms with van der Waals surface area (Å²) in [4.78, 5) is 14.5. The lowest BCUT2D eigenvalue weighted by Gasteiger charge is -2.44. The van der Waals surface area contributed by atoms with E-state index in [1.165, 1.54) is 29.1 Å². The number of likely N-dealkylation sites (N-methyl/N-ethyl adjacent to an activating group) is 1. The van der Waals surface area contributed by atoms with Crippen LogP contribution in [0, 0.1) is 5.92 Å². The summed E-state index contributed by atoms with van der Waals surface area (Å²) in [5.41, 5.74) is 4.25. The van der Waals surface area contributed by atoms with E-state index in [4.69, 9.17) is 4.74 Å². The molecule has 128 valence electrons. The summed E-state index contributed by atoms with van der Waals surface area (Å²) >= 11 is 0. The zero-order chi connectivity index (χ0) is 16.8. The standard InChI is InChI=1S/C20H26N2O2/c1-4-8-22-12-13-10-18-16(15-6-5-7-17(22)19(13)15)9-14(11-21(18)2)20(23)24-3/h5-7,12,14,16,18H,4,8-11H2,1-3H3. The van der Waals surface area contributed by atoms with Gasteiger partial charge in [-0.2, -0.15) is 0 Å². The molecular weight excluding hydrogens is 300 g/mol. The molecule has 1 saturated heterocycles. The lowest BCUT2D eigenvalue weighted by Crippen LogP contribution is -2.49. The SMILES string of the molecule is CCCn1cc2c3c(cccc31)C1CC(C(=O)OC)CN(C)C1C2. The third-order valence-electron chi connectivity index (χ3n) is 5.92. The van der Waals surface area contributed by atoms with Gasteiger partial charge in [-0.25, -0.2) is 0 Å². The van der Waals surface area contributed by atoms with Gasteiger partial charge in [-0.3, -0.25) is 4.79 Å². The van der Waals surface area contributed by atoms with E-state index in [0.29, 0.717) is 12.0 Å². The number of aromatic nitrogens is 1. The first-order valence-electron chi connectivity index (χ1n) is 9.02. The van der Waals surface area contributed by atoms with Gasteiger partial charge < -0.3 is 14.2 Å². The number of benzene rings is 1. The quantitative estimate of drug-likeness (QED) is 0.813. The molecule has 2 aromatic rings. The minimum Gasteiger partial charge on any atom is -0.469 e. The van der Waals surface area contributed by atoms with E-state index in [1.54, 1.807) is 0 Å². The number of fused-ring (bicyclic) bond motifs is 2. The molecule has 1 aromatic carbocycles. The minimum atomic E-state index is -0.0678. The fraction of sp³-hybridized carbons (Fsp3) is 0.550. The number of carbonyl (C=O) groups excluding carboxylic acids is 1. The van der Waals surface area contributed by atoms with Gasteiger partial charge in [-0.05, 0) is 43.5 Å². The molecule has 0 radical (unpaired) electrons. The summed E-state index contributed by atoms with van der Waals surface area (Å²) in [6.07, 6.45) is 5.48. The highest BCUT2D eigenvalue weighted by atomic mass is 16.5. The summed E-state index contributed by atoms with van der Waals surface area (Å²) in [6, 6.07) is 7.17. The zero-order valence-corrected chi connectivity index (χ0v) is 14.8. The first-order chi connectivity index (χ1) is 11.6. The van der Waals surface area contributed by atoms with Crippen LogP contribution in [0.3, 0.4) is 0 Å². The largest absolute Gasteiger partial charge is 0.469 e. The highest BCUT2D eigenvalue weighted by Gasteiger charge is 2.41. The second kappa shape index (κ2) is 5.92. The van der Waals surface area contributed by atoms with Gasteiger partial charge in [-0.15, -0.1) is 0 Å².